The molecule has 0 aliphatic rings. The summed E-state index contributed by atoms with van der Waals surface area (Å²) in [6, 6.07) is 11.0. The minimum absolute atomic E-state index is 0.125. The van der Waals surface area contributed by atoms with E-state index in [1.807, 2.05) is 32.0 Å². The Hall–Kier alpha value is -1.32. The average Bonchev–Trinajstić information content (AvgIpc) is 2.32. The van der Waals surface area contributed by atoms with Crippen molar-refractivity contribution in [3.63, 3.8) is 0 Å². The highest BCUT2D eigenvalue weighted by atomic mass is 79.9. The van der Waals surface area contributed by atoms with E-state index < -0.39 is 0 Å². The van der Waals surface area contributed by atoms with E-state index in [9.17, 15) is 4.79 Å². The van der Waals surface area contributed by atoms with Crippen LogP contribution >= 0.6 is 27.5 Å². The Morgan fingerprint density at radius 1 is 1.16 bits per heavy atom. The minimum Gasteiger partial charge on any atom is -0.321 e. The molecule has 0 saturated heterocycles. The maximum atomic E-state index is 12.2. The highest BCUT2D eigenvalue weighted by Gasteiger charge is 2.11. The second kappa shape index (κ2) is 5.76. The van der Waals surface area contributed by atoms with Crippen LogP contribution in [0.15, 0.2) is 40.9 Å². The Morgan fingerprint density at radius 2 is 1.89 bits per heavy atom. The first-order chi connectivity index (χ1) is 8.97. The van der Waals surface area contributed by atoms with Crippen molar-refractivity contribution >= 4 is 39.1 Å². The molecule has 0 spiro atoms. The lowest BCUT2D eigenvalue weighted by atomic mass is 10.1. The summed E-state index contributed by atoms with van der Waals surface area (Å²) in [5.41, 5.74) is 3.48. The molecule has 2 aromatic carbocycles. The number of halogens is 2. The first kappa shape index (κ1) is 14.1. The summed E-state index contributed by atoms with van der Waals surface area (Å²) >= 11 is 9.25. The lowest BCUT2D eigenvalue weighted by Crippen LogP contribution is -2.13. The van der Waals surface area contributed by atoms with Crippen LogP contribution in [0.1, 0.15) is 21.5 Å². The second-order valence-electron chi connectivity index (χ2n) is 4.40. The third-order valence-electron chi connectivity index (χ3n) is 2.81. The molecule has 1 N–H and O–H groups in total. The summed E-state index contributed by atoms with van der Waals surface area (Å²) in [5, 5.41) is 3.49. The van der Waals surface area contributed by atoms with Gasteiger partial charge in [0.05, 0.1) is 5.69 Å². The molecule has 0 aliphatic heterocycles. The topological polar surface area (TPSA) is 29.1 Å². The normalized spacial score (nSPS) is 10.3. The number of carbonyl (C=O) groups is 1. The molecular formula is C15H13BrClNO. The third-order valence-corrected chi connectivity index (χ3v) is 3.70. The van der Waals surface area contributed by atoms with E-state index in [4.69, 9.17) is 11.6 Å². The summed E-state index contributed by atoms with van der Waals surface area (Å²) in [5.74, 6) is -0.125. The second-order valence-corrected chi connectivity index (χ2v) is 5.69. The van der Waals surface area contributed by atoms with Gasteiger partial charge in [0.2, 0.25) is 0 Å². The van der Waals surface area contributed by atoms with Crippen molar-refractivity contribution in [2.24, 2.45) is 0 Å². The fourth-order valence-corrected chi connectivity index (χ4v) is 2.63. The molecule has 1 amide bonds. The van der Waals surface area contributed by atoms with Gasteiger partial charge in [0, 0.05) is 15.1 Å². The van der Waals surface area contributed by atoms with Crippen LogP contribution in [-0.4, -0.2) is 5.91 Å². The summed E-state index contributed by atoms with van der Waals surface area (Å²) < 4.78 is 0.762. The Balaban J connectivity index is 2.25. The highest BCUT2D eigenvalue weighted by Crippen LogP contribution is 2.26. The lowest BCUT2D eigenvalue weighted by Gasteiger charge is -2.10. The molecular weight excluding hydrogens is 326 g/mol. The molecule has 0 aromatic heterocycles. The van der Waals surface area contributed by atoms with Gasteiger partial charge in [0.25, 0.3) is 5.91 Å². The third kappa shape index (κ3) is 3.37. The number of benzene rings is 2. The van der Waals surface area contributed by atoms with Crippen molar-refractivity contribution < 1.29 is 4.79 Å². The molecule has 2 rings (SSSR count). The van der Waals surface area contributed by atoms with Gasteiger partial charge in [-0.2, -0.15) is 0 Å². The molecule has 0 bridgehead atoms. The van der Waals surface area contributed by atoms with Gasteiger partial charge in [-0.15, -0.1) is 0 Å². The summed E-state index contributed by atoms with van der Waals surface area (Å²) in [4.78, 5) is 12.2. The monoisotopic (exact) mass is 337 g/mol. The van der Waals surface area contributed by atoms with Crippen LogP contribution < -0.4 is 5.32 Å². The maximum absolute atomic E-state index is 12.2. The molecule has 98 valence electrons. The fraction of sp³-hybridized carbons (Fsp3) is 0.133. The van der Waals surface area contributed by atoms with Crippen molar-refractivity contribution in [2.45, 2.75) is 13.8 Å². The lowest BCUT2D eigenvalue weighted by molar-refractivity contribution is 0.102. The molecule has 0 aliphatic carbocycles. The van der Waals surface area contributed by atoms with Gasteiger partial charge in [0.15, 0.2) is 0 Å². The number of rotatable bonds is 2. The Labute approximate surface area is 125 Å². The van der Waals surface area contributed by atoms with Crippen LogP contribution in [0, 0.1) is 13.8 Å². The predicted octanol–water partition coefficient (Wildman–Crippen LogP) is 4.97. The van der Waals surface area contributed by atoms with Crippen LogP contribution in [0.2, 0.25) is 5.02 Å². The van der Waals surface area contributed by atoms with E-state index in [2.05, 4.69) is 21.2 Å². The molecule has 0 radical (unpaired) electrons. The van der Waals surface area contributed by atoms with Gasteiger partial charge in [-0.25, -0.2) is 0 Å². The highest BCUT2D eigenvalue weighted by molar-refractivity contribution is 9.10. The fourth-order valence-electron chi connectivity index (χ4n) is 1.85. The smallest absolute Gasteiger partial charge is 0.255 e. The largest absolute Gasteiger partial charge is 0.321 e. The van der Waals surface area contributed by atoms with Crippen molar-refractivity contribution in [3.05, 3.63) is 62.6 Å². The number of aryl methyl sites for hydroxylation is 2. The van der Waals surface area contributed by atoms with Crippen LogP contribution in [-0.2, 0) is 0 Å². The van der Waals surface area contributed by atoms with Crippen molar-refractivity contribution in [2.75, 3.05) is 5.32 Å². The predicted molar refractivity (Wildman–Crippen MR) is 83.0 cm³/mol. The number of amides is 1. The van der Waals surface area contributed by atoms with Crippen LogP contribution in [0.3, 0.4) is 0 Å². The van der Waals surface area contributed by atoms with E-state index in [0.717, 1.165) is 15.6 Å². The zero-order valence-corrected chi connectivity index (χ0v) is 13.0. The van der Waals surface area contributed by atoms with Gasteiger partial charge in [0.1, 0.15) is 0 Å². The molecule has 4 heteroatoms. The van der Waals surface area contributed by atoms with E-state index >= 15 is 0 Å². The standard InChI is InChI=1S/C15H13BrClNO/c1-9-3-5-12(10(2)7-9)15(19)18-14-6-4-11(17)8-13(14)16/h3-8H,1-2H3,(H,18,19). The van der Waals surface area contributed by atoms with Crippen molar-refractivity contribution in [1.29, 1.82) is 0 Å². The first-order valence-electron chi connectivity index (χ1n) is 5.81. The number of anilines is 1. The summed E-state index contributed by atoms with van der Waals surface area (Å²) in [7, 11) is 0. The van der Waals surface area contributed by atoms with Gasteiger partial charge in [-0.3, -0.25) is 4.79 Å². The van der Waals surface area contributed by atoms with Crippen molar-refractivity contribution in [1.82, 2.24) is 0 Å². The van der Waals surface area contributed by atoms with Crippen LogP contribution in [0.4, 0.5) is 5.69 Å². The van der Waals surface area contributed by atoms with Gasteiger partial charge < -0.3 is 5.32 Å². The van der Waals surface area contributed by atoms with Crippen LogP contribution in [0.25, 0.3) is 0 Å². The van der Waals surface area contributed by atoms with E-state index in [0.29, 0.717) is 16.3 Å². The quantitative estimate of drug-likeness (QED) is 0.823. The Bertz CT molecular complexity index is 640. The Kier molecular flexibility index (Phi) is 4.27. The number of nitrogens with one attached hydrogen (secondary N) is 1. The Morgan fingerprint density at radius 3 is 2.53 bits per heavy atom. The summed E-state index contributed by atoms with van der Waals surface area (Å²) in [6.07, 6.45) is 0. The number of carbonyl (C=O) groups excluding carboxylic acids is 1. The number of hydrogen-bond donors (Lipinski definition) is 1. The van der Waals surface area contributed by atoms with Crippen LogP contribution in [0.5, 0.6) is 0 Å². The minimum atomic E-state index is -0.125. The summed E-state index contributed by atoms with van der Waals surface area (Å²) in [6.45, 7) is 3.93. The van der Waals surface area contributed by atoms with E-state index in [-0.39, 0.29) is 5.91 Å². The first-order valence-corrected chi connectivity index (χ1v) is 6.98. The van der Waals surface area contributed by atoms with Gasteiger partial charge >= 0.3 is 0 Å². The SMILES string of the molecule is Cc1ccc(C(=O)Nc2ccc(Cl)cc2Br)c(C)c1. The van der Waals surface area contributed by atoms with Gasteiger partial charge in [-0.05, 0) is 59.6 Å². The molecule has 0 saturated carbocycles. The molecule has 2 aromatic rings. The molecule has 0 fully saturated rings. The van der Waals surface area contributed by atoms with Crippen molar-refractivity contribution in [3.8, 4) is 0 Å². The zero-order chi connectivity index (χ0) is 14.0. The number of hydrogen-bond acceptors (Lipinski definition) is 1. The molecule has 0 atom stereocenters. The zero-order valence-electron chi connectivity index (χ0n) is 10.6. The average molecular weight is 339 g/mol. The molecule has 2 nitrogen and oxygen atoms in total. The molecule has 0 heterocycles. The molecule has 0 unspecified atom stereocenters. The van der Waals surface area contributed by atoms with Gasteiger partial charge in [-0.1, -0.05) is 29.3 Å². The van der Waals surface area contributed by atoms with E-state index in [1.54, 1.807) is 18.2 Å². The van der Waals surface area contributed by atoms with E-state index in [1.165, 1.54) is 0 Å². The maximum Gasteiger partial charge on any atom is 0.255 e. The molecule has 19 heavy (non-hydrogen) atoms.